The number of nitrogens with two attached hydrogens (primary N) is 1. The average molecular weight is 284 g/mol. The van der Waals surface area contributed by atoms with E-state index < -0.39 is 0 Å². The third-order valence-corrected chi connectivity index (χ3v) is 3.31. The normalized spacial score (nSPS) is 10.3. The van der Waals surface area contributed by atoms with Crippen molar-refractivity contribution in [3.05, 3.63) is 59.2 Å². The lowest BCUT2D eigenvalue weighted by atomic mass is 10.1. The lowest BCUT2D eigenvalue weighted by molar-refractivity contribution is 0.0986. The van der Waals surface area contributed by atoms with Gasteiger partial charge in [-0.1, -0.05) is 18.2 Å². The van der Waals surface area contributed by atoms with Crippen LogP contribution < -0.4 is 15.6 Å². The summed E-state index contributed by atoms with van der Waals surface area (Å²) in [6, 6.07) is 12.8. The summed E-state index contributed by atoms with van der Waals surface area (Å²) in [5, 5.41) is 1.21. The summed E-state index contributed by atoms with van der Waals surface area (Å²) in [7, 11) is 0. The largest absolute Gasteiger partial charge is 0.494 e. The van der Waals surface area contributed by atoms with E-state index in [0.29, 0.717) is 12.2 Å². The number of nitrogens with zero attached hydrogens (tertiary/aromatic N) is 1. The van der Waals surface area contributed by atoms with Gasteiger partial charge in [0.1, 0.15) is 5.75 Å². The Morgan fingerprint density at radius 1 is 1.10 bits per heavy atom. The molecule has 0 saturated heterocycles. The van der Waals surface area contributed by atoms with Crippen molar-refractivity contribution in [3.63, 3.8) is 0 Å². The Morgan fingerprint density at radius 2 is 1.67 bits per heavy atom. The Balaban J connectivity index is 2.27. The van der Waals surface area contributed by atoms with Crippen molar-refractivity contribution in [3.8, 4) is 5.75 Å². The number of ether oxygens (including phenoxy) is 1. The van der Waals surface area contributed by atoms with Crippen molar-refractivity contribution in [1.29, 1.82) is 0 Å². The van der Waals surface area contributed by atoms with Gasteiger partial charge >= 0.3 is 0 Å². The zero-order chi connectivity index (χ0) is 15.4. The van der Waals surface area contributed by atoms with Gasteiger partial charge in [-0.2, -0.15) is 0 Å². The molecule has 2 aromatic carbocycles. The van der Waals surface area contributed by atoms with Gasteiger partial charge in [0.25, 0.3) is 5.91 Å². The molecule has 0 fully saturated rings. The molecule has 1 amide bonds. The molecule has 0 radical (unpaired) electrons. The quantitative estimate of drug-likeness (QED) is 0.533. The van der Waals surface area contributed by atoms with Crippen LogP contribution in [0.5, 0.6) is 5.75 Å². The van der Waals surface area contributed by atoms with Gasteiger partial charge in [-0.3, -0.25) is 4.79 Å². The molecule has 2 N–H and O–H groups in total. The molecule has 110 valence electrons. The van der Waals surface area contributed by atoms with Crippen molar-refractivity contribution >= 4 is 11.6 Å². The smallest absolute Gasteiger partial charge is 0.272 e. The summed E-state index contributed by atoms with van der Waals surface area (Å²) < 4.78 is 5.37. The summed E-state index contributed by atoms with van der Waals surface area (Å²) in [6.07, 6.45) is 0. The first-order chi connectivity index (χ1) is 10.0. The molecule has 0 bridgehead atoms. The zero-order valence-corrected chi connectivity index (χ0v) is 12.6. The number of hydrogen-bond acceptors (Lipinski definition) is 3. The van der Waals surface area contributed by atoms with Crippen molar-refractivity contribution in [2.75, 3.05) is 11.6 Å². The fourth-order valence-corrected chi connectivity index (χ4v) is 2.29. The Kier molecular flexibility index (Phi) is 4.60. The Bertz CT molecular complexity index is 615. The van der Waals surface area contributed by atoms with E-state index in [1.165, 1.54) is 5.01 Å². The second kappa shape index (κ2) is 6.41. The highest BCUT2D eigenvalue weighted by Crippen LogP contribution is 2.24. The lowest BCUT2D eigenvalue weighted by Gasteiger charge is -2.21. The minimum atomic E-state index is -0.240. The summed E-state index contributed by atoms with van der Waals surface area (Å²) in [4.78, 5) is 12.5. The van der Waals surface area contributed by atoms with E-state index in [2.05, 4.69) is 0 Å². The molecule has 0 saturated carbocycles. The van der Waals surface area contributed by atoms with Gasteiger partial charge in [0.05, 0.1) is 12.3 Å². The van der Waals surface area contributed by atoms with Gasteiger partial charge in [-0.15, -0.1) is 0 Å². The van der Waals surface area contributed by atoms with Crippen molar-refractivity contribution in [2.24, 2.45) is 5.84 Å². The van der Waals surface area contributed by atoms with E-state index in [9.17, 15) is 4.79 Å². The van der Waals surface area contributed by atoms with E-state index in [4.69, 9.17) is 10.6 Å². The van der Waals surface area contributed by atoms with E-state index in [-0.39, 0.29) is 5.91 Å². The Hall–Kier alpha value is -2.33. The summed E-state index contributed by atoms with van der Waals surface area (Å²) in [6.45, 7) is 6.39. The highest BCUT2D eigenvalue weighted by atomic mass is 16.5. The van der Waals surface area contributed by atoms with Gasteiger partial charge in [-0.05, 0) is 56.2 Å². The van der Waals surface area contributed by atoms with Crippen LogP contribution in [0.15, 0.2) is 42.5 Å². The van der Waals surface area contributed by atoms with Crippen LogP contribution in [0.2, 0.25) is 0 Å². The number of anilines is 1. The van der Waals surface area contributed by atoms with Gasteiger partial charge in [0.15, 0.2) is 0 Å². The standard InChI is InChI=1S/C17H20N2O2/c1-4-21-15-10-8-14(9-11-15)17(20)19(18)16-12(2)6-5-7-13(16)3/h5-11H,4,18H2,1-3H3. The fourth-order valence-electron chi connectivity index (χ4n) is 2.29. The number of hydrogen-bond donors (Lipinski definition) is 1. The van der Waals surface area contributed by atoms with Crippen LogP contribution in [0.1, 0.15) is 28.4 Å². The second-order valence-corrected chi connectivity index (χ2v) is 4.87. The molecule has 0 aliphatic carbocycles. The highest BCUT2D eigenvalue weighted by Gasteiger charge is 2.17. The monoisotopic (exact) mass is 284 g/mol. The van der Waals surface area contributed by atoms with E-state index >= 15 is 0 Å². The minimum Gasteiger partial charge on any atom is -0.494 e. The third kappa shape index (κ3) is 3.23. The SMILES string of the molecule is CCOc1ccc(C(=O)N(N)c2c(C)cccc2C)cc1. The molecule has 0 aliphatic rings. The van der Waals surface area contributed by atoms with Crippen LogP contribution in [-0.2, 0) is 0 Å². The number of carbonyl (C=O) groups excluding carboxylic acids is 1. The third-order valence-electron chi connectivity index (χ3n) is 3.31. The maximum absolute atomic E-state index is 12.5. The maximum atomic E-state index is 12.5. The summed E-state index contributed by atoms with van der Waals surface area (Å²) >= 11 is 0. The van der Waals surface area contributed by atoms with Crippen molar-refractivity contribution < 1.29 is 9.53 Å². The molecule has 0 heterocycles. The topological polar surface area (TPSA) is 55.6 Å². The van der Waals surface area contributed by atoms with Crippen LogP contribution in [0.25, 0.3) is 0 Å². The molecule has 0 atom stereocenters. The summed E-state index contributed by atoms with van der Waals surface area (Å²) in [5.74, 6) is 6.52. The van der Waals surface area contributed by atoms with Gasteiger partial charge in [-0.25, -0.2) is 10.9 Å². The van der Waals surface area contributed by atoms with Gasteiger partial charge < -0.3 is 4.74 Å². The van der Waals surface area contributed by atoms with E-state index in [1.807, 2.05) is 39.0 Å². The van der Waals surface area contributed by atoms with Crippen LogP contribution >= 0.6 is 0 Å². The molecule has 2 rings (SSSR count). The van der Waals surface area contributed by atoms with Crippen LogP contribution in [-0.4, -0.2) is 12.5 Å². The maximum Gasteiger partial charge on any atom is 0.272 e. The molecule has 0 aromatic heterocycles. The molecular formula is C17H20N2O2. The number of para-hydroxylation sites is 1. The number of amides is 1. The number of benzene rings is 2. The number of carbonyl (C=O) groups is 1. The molecule has 0 unspecified atom stereocenters. The first-order valence-corrected chi connectivity index (χ1v) is 6.92. The Labute approximate surface area is 125 Å². The summed E-state index contributed by atoms with van der Waals surface area (Å²) in [5.41, 5.74) is 3.22. The molecule has 21 heavy (non-hydrogen) atoms. The van der Waals surface area contributed by atoms with Gasteiger partial charge in [0, 0.05) is 5.56 Å². The zero-order valence-electron chi connectivity index (χ0n) is 12.6. The highest BCUT2D eigenvalue weighted by molar-refractivity contribution is 6.06. The number of rotatable bonds is 4. The Morgan fingerprint density at radius 3 is 2.19 bits per heavy atom. The first kappa shape index (κ1) is 15.1. The molecule has 4 nitrogen and oxygen atoms in total. The minimum absolute atomic E-state index is 0.240. The predicted molar refractivity (Wildman–Crippen MR) is 84.5 cm³/mol. The van der Waals surface area contributed by atoms with Crippen LogP contribution in [0.3, 0.4) is 0 Å². The number of hydrazine groups is 1. The number of aryl methyl sites for hydroxylation is 2. The molecular weight excluding hydrogens is 264 g/mol. The van der Waals surface area contributed by atoms with Crippen molar-refractivity contribution in [1.82, 2.24) is 0 Å². The van der Waals surface area contributed by atoms with E-state index in [1.54, 1.807) is 24.3 Å². The van der Waals surface area contributed by atoms with Crippen molar-refractivity contribution in [2.45, 2.75) is 20.8 Å². The lowest BCUT2D eigenvalue weighted by Crippen LogP contribution is -2.38. The molecule has 2 aromatic rings. The van der Waals surface area contributed by atoms with E-state index in [0.717, 1.165) is 22.6 Å². The predicted octanol–water partition coefficient (Wildman–Crippen LogP) is 3.22. The second-order valence-electron chi connectivity index (χ2n) is 4.87. The molecule has 0 spiro atoms. The van der Waals surface area contributed by atoms with Crippen LogP contribution in [0.4, 0.5) is 5.69 Å². The molecule has 4 heteroatoms. The van der Waals surface area contributed by atoms with Crippen LogP contribution in [0, 0.1) is 13.8 Å². The molecule has 0 aliphatic heterocycles. The van der Waals surface area contributed by atoms with Gasteiger partial charge in [0.2, 0.25) is 0 Å². The first-order valence-electron chi connectivity index (χ1n) is 6.92. The average Bonchev–Trinajstić information content (AvgIpc) is 2.47. The fraction of sp³-hybridized carbons (Fsp3) is 0.235.